The molecule has 23 heavy (non-hydrogen) atoms. The van der Waals surface area contributed by atoms with E-state index in [0.29, 0.717) is 17.7 Å². The summed E-state index contributed by atoms with van der Waals surface area (Å²) in [7, 11) is 0. The maximum absolute atomic E-state index is 12.1. The summed E-state index contributed by atoms with van der Waals surface area (Å²) in [4.78, 5) is 36.9. The third-order valence-corrected chi connectivity index (χ3v) is 3.62. The first-order valence-electron chi connectivity index (χ1n) is 7.73. The van der Waals surface area contributed by atoms with E-state index in [9.17, 15) is 14.4 Å². The minimum Gasteiger partial charge on any atom is -0.396 e. The second-order valence-electron chi connectivity index (χ2n) is 5.27. The van der Waals surface area contributed by atoms with Gasteiger partial charge in [0.25, 0.3) is 11.8 Å². The number of aliphatic hydroxyl groups is 1. The van der Waals surface area contributed by atoms with E-state index in [1.54, 1.807) is 24.3 Å². The van der Waals surface area contributed by atoms with Crippen molar-refractivity contribution in [1.82, 2.24) is 15.5 Å². The number of fused-ring (bicyclic) bond motifs is 1. The number of carbonyl (C=O) groups is 3. The normalized spacial score (nSPS) is 13.2. The molecule has 0 saturated heterocycles. The van der Waals surface area contributed by atoms with Crippen LogP contribution in [0.5, 0.6) is 0 Å². The second kappa shape index (κ2) is 8.28. The van der Waals surface area contributed by atoms with Crippen LogP contribution >= 0.6 is 0 Å². The van der Waals surface area contributed by atoms with Crippen molar-refractivity contribution in [3.8, 4) is 0 Å². The highest BCUT2D eigenvalue weighted by atomic mass is 16.3. The number of amides is 4. The molecule has 0 fully saturated rings. The lowest BCUT2D eigenvalue weighted by Crippen LogP contribution is -2.42. The Morgan fingerprint density at radius 2 is 1.57 bits per heavy atom. The summed E-state index contributed by atoms with van der Waals surface area (Å²) in [5, 5.41) is 14.0. The van der Waals surface area contributed by atoms with E-state index in [-0.39, 0.29) is 37.5 Å². The van der Waals surface area contributed by atoms with Gasteiger partial charge in [0.1, 0.15) is 0 Å². The van der Waals surface area contributed by atoms with Gasteiger partial charge in [-0.25, -0.2) is 4.79 Å². The Hall–Kier alpha value is -2.41. The Labute approximate surface area is 134 Å². The fourth-order valence-electron chi connectivity index (χ4n) is 2.40. The number of nitrogens with zero attached hydrogens (tertiary/aromatic N) is 1. The molecule has 0 atom stereocenters. The quantitative estimate of drug-likeness (QED) is 0.486. The summed E-state index contributed by atoms with van der Waals surface area (Å²) in [5.41, 5.74) is 0.816. The molecule has 1 heterocycles. The largest absolute Gasteiger partial charge is 0.396 e. The Bertz CT molecular complexity index is 553. The zero-order valence-corrected chi connectivity index (χ0v) is 12.9. The van der Waals surface area contributed by atoms with Gasteiger partial charge < -0.3 is 15.7 Å². The molecule has 1 aliphatic rings. The first kappa shape index (κ1) is 17.0. The van der Waals surface area contributed by atoms with E-state index in [1.165, 1.54) is 0 Å². The maximum Gasteiger partial charge on any atom is 0.314 e. The van der Waals surface area contributed by atoms with Crippen molar-refractivity contribution in [2.75, 3.05) is 26.2 Å². The molecule has 0 unspecified atom stereocenters. The molecule has 7 nitrogen and oxygen atoms in total. The Balaban J connectivity index is 1.70. The topological polar surface area (TPSA) is 98.7 Å². The van der Waals surface area contributed by atoms with Crippen LogP contribution < -0.4 is 10.6 Å². The lowest BCUT2D eigenvalue weighted by molar-refractivity contribution is 0.0656. The molecule has 4 amide bonds. The van der Waals surface area contributed by atoms with Crippen LogP contribution in [-0.4, -0.2) is 54.1 Å². The molecule has 1 aliphatic heterocycles. The molecule has 1 aromatic rings. The van der Waals surface area contributed by atoms with Crippen LogP contribution in [0, 0.1) is 0 Å². The van der Waals surface area contributed by atoms with Gasteiger partial charge in [0.15, 0.2) is 0 Å². The van der Waals surface area contributed by atoms with Crippen molar-refractivity contribution >= 4 is 17.8 Å². The van der Waals surface area contributed by atoms with Gasteiger partial charge in [-0.15, -0.1) is 0 Å². The SMILES string of the molecule is O=C(NCCCCCO)NCCN1C(=O)c2ccccc2C1=O. The summed E-state index contributed by atoms with van der Waals surface area (Å²) in [5.74, 6) is -0.645. The molecule has 124 valence electrons. The first-order valence-corrected chi connectivity index (χ1v) is 7.73. The number of carbonyl (C=O) groups excluding carboxylic acids is 3. The van der Waals surface area contributed by atoms with E-state index in [0.717, 1.165) is 24.2 Å². The summed E-state index contributed by atoms with van der Waals surface area (Å²) >= 11 is 0. The van der Waals surface area contributed by atoms with Crippen LogP contribution in [-0.2, 0) is 0 Å². The molecule has 0 aromatic heterocycles. The molecule has 1 aromatic carbocycles. The minimum atomic E-state index is -0.328. The molecular weight excluding hydrogens is 298 g/mol. The number of rotatable bonds is 8. The zero-order chi connectivity index (χ0) is 16.7. The number of imide groups is 1. The fraction of sp³-hybridized carbons (Fsp3) is 0.438. The highest BCUT2D eigenvalue weighted by Crippen LogP contribution is 2.21. The summed E-state index contributed by atoms with van der Waals surface area (Å²) < 4.78 is 0. The molecule has 0 bridgehead atoms. The highest BCUT2D eigenvalue weighted by molar-refractivity contribution is 6.21. The lowest BCUT2D eigenvalue weighted by atomic mass is 10.1. The van der Waals surface area contributed by atoms with E-state index < -0.39 is 0 Å². The van der Waals surface area contributed by atoms with Gasteiger partial charge in [-0.05, 0) is 31.4 Å². The van der Waals surface area contributed by atoms with Crippen molar-refractivity contribution in [3.63, 3.8) is 0 Å². The standard InChI is InChI=1S/C16H21N3O4/c20-11-5-1-4-8-17-16(23)18-9-10-19-14(21)12-6-2-3-7-13(12)15(19)22/h2-3,6-7,20H,1,4-5,8-11H2,(H2,17,18,23). The van der Waals surface area contributed by atoms with Gasteiger partial charge in [0.05, 0.1) is 11.1 Å². The zero-order valence-electron chi connectivity index (χ0n) is 12.9. The fourth-order valence-corrected chi connectivity index (χ4v) is 2.40. The van der Waals surface area contributed by atoms with Crippen LogP contribution in [0.15, 0.2) is 24.3 Å². The molecule has 2 rings (SSSR count). The van der Waals surface area contributed by atoms with Gasteiger partial charge in [0, 0.05) is 26.2 Å². The smallest absolute Gasteiger partial charge is 0.314 e. The van der Waals surface area contributed by atoms with E-state index >= 15 is 0 Å². The van der Waals surface area contributed by atoms with Crippen molar-refractivity contribution in [1.29, 1.82) is 0 Å². The molecule has 0 radical (unpaired) electrons. The third-order valence-electron chi connectivity index (χ3n) is 3.62. The van der Waals surface area contributed by atoms with E-state index in [2.05, 4.69) is 10.6 Å². The van der Waals surface area contributed by atoms with Gasteiger partial charge >= 0.3 is 6.03 Å². The number of urea groups is 1. The first-order chi connectivity index (χ1) is 11.1. The molecule has 7 heteroatoms. The average Bonchev–Trinajstić information content (AvgIpc) is 2.80. The molecule has 0 spiro atoms. The van der Waals surface area contributed by atoms with Crippen molar-refractivity contribution < 1.29 is 19.5 Å². The Kier molecular flexibility index (Phi) is 6.10. The Morgan fingerprint density at radius 3 is 2.17 bits per heavy atom. The average molecular weight is 319 g/mol. The van der Waals surface area contributed by atoms with Gasteiger partial charge in [-0.2, -0.15) is 0 Å². The van der Waals surface area contributed by atoms with Crippen LogP contribution in [0.2, 0.25) is 0 Å². The summed E-state index contributed by atoms with van der Waals surface area (Å²) in [6.45, 7) is 1.03. The Morgan fingerprint density at radius 1 is 0.957 bits per heavy atom. The second-order valence-corrected chi connectivity index (χ2v) is 5.27. The van der Waals surface area contributed by atoms with E-state index in [4.69, 9.17) is 5.11 Å². The van der Waals surface area contributed by atoms with Crippen molar-refractivity contribution in [2.24, 2.45) is 0 Å². The molecule has 3 N–H and O–H groups in total. The van der Waals surface area contributed by atoms with Crippen LogP contribution in [0.1, 0.15) is 40.0 Å². The molecular formula is C16H21N3O4. The number of nitrogens with one attached hydrogen (secondary N) is 2. The number of aliphatic hydroxyl groups excluding tert-OH is 1. The number of hydrogen-bond acceptors (Lipinski definition) is 4. The van der Waals surface area contributed by atoms with Crippen molar-refractivity contribution in [3.05, 3.63) is 35.4 Å². The predicted octanol–water partition coefficient (Wildman–Crippen LogP) is 0.744. The summed E-state index contributed by atoms with van der Waals surface area (Å²) in [6, 6.07) is 6.36. The summed E-state index contributed by atoms with van der Waals surface area (Å²) in [6.07, 6.45) is 2.38. The number of unbranched alkanes of at least 4 members (excludes halogenated alkanes) is 2. The number of benzene rings is 1. The van der Waals surface area contributed by atoms with E-state index in [1.807, 2.05) is 0 Å². The lowest BCUT2D eigenvalue weighted by Gasteiger charge is -2.14. The molecule has 0 saturated carbocycles. The van der Waals surface area contributed by atoms with Crippen molar-refractivity contribution in [2.45, 2.75) is 19.3 Å². The highest BCUT2D eigenvalue weighted by Gasteiger charge is 2.34. The minimum absolute atomic E-state index is 0.143. The predicted molar refractivity (Wildman–Crippen MR) is 84.1 cm³/mol. The van der Waals surface area contributed by atoms with Gasteiger partial charge in [-0.3, -0.25) is 14.5 Å². The maximum atomic E-state index is 12.1. The van der Waals surface area contributed by atoms with Crippen LogP contribution in [0.4, 0.5) is 4.79 Å². The van der Waals surface area contributed by atoms with Gasteiger partial charge in [0.2, 0.25) is 0 Å². The van der Waals surface area contributed by atoms with Crippen LogP contribution in [0.25, 0.3) is 0 Å². The van der Waals surface area contributed by atoms with Crippen LogP contribution in [0.3, 0.4) is 0 Å². The number of hydrogen-bond donors (Lipinski definition) is 3. The monoisotopic (exact) mass is 319 g/mol. The third kappa shape index (κ3) is 4.29. The van der Waals surface area contributed by atoms with Gasteiger partial charge in [-0.1, -0.05) is 12.1 Å². The molecule has 0 aliphatic carbocycles.